The molecule has 160 valence electrons. The van der Waals surface area contributed by atoms with Crippen LogP contribution in [0.25, 0.3) is 0 Å². The highest BCUT2D eigenvalue weighted by molar-refractivity contribution is 4.96. The second-order valence-corrected chi connectivity index (χ2v) is 8.64. The molecule has 2 nitrogen and oxygen atoms in total. The van der Waals surface area contributed by atoms with Gasteiger partial charge in [-0.25, -0.2) is 0 Å². The summed E-state index contributed by atoms with van der Waals surface area (Å²) in [7, 11) is 0. The van der Waals surface area contributed by atoms with Gasteiger partial charge in [-0.1, -0.05) is 104 Å². The largest absolute Gasteiger partial charge is 0.356 e. The molecule has 0 unspecified atom stereocenters. The Labute approximate surface area is 171 Å². The number of nitrogens with zero attached hydrogens (tertiary/aromatic N) is 2. The highest BCUT2D eigenvalue weighted by Crippen LogP contribution is 2.23. The van der Waals surface area contributed by atoms with Crippen LogP contribution in [0.1, 0.15) is 130 Å². The zero-order chi connectivity index (χ0) is 19.6. The maximum absolute atomic E-state index is 2.63. The maximum atomic E-state index is 2.63. The molecule has 0 radical (unpaired) electrons. The van der Waals surface area contributed by atoms with Gasteiger partial charge in [-0.05, 0) is 25.7 Å². The van der Waals surface area contributed by atoms with E-state index in [4.69, 9.17) is 0 Å². The Balaban J connectivity index is 2.18. The molecule has 0 aromatic rings. The average molecular weight is 379 g/mol. The molecular formula is C25H50N2. The van der Waals surface area contributed by atoms with Crippen LogP contribution in [0, 0.1) is 0 Å². The molecule has 0 aliphatic carbocycles. The summed E-state index contributed by atoms with van der Waals surface area (Å²) in [4.78, 5) is 5.27. The molecule has 0 saturated carbocycles. The van der Waals surface area contributed by atoms with Crippen LogP contribution < -0.4 is 0 Å². The predicted molar refractivity (Wildman–Crippen MR) is 122 cm³/mol. The Morgan fingerprint density at radius 1 is 0.481 bits per heavy atom. The summed E-state index contributed by atoms with van der Waals surface area (Å²) in [6, 6.07) is 0. The van der Waals surface area contributed by atoms with Gasteiger partial charge in [-0.3, -0.25) is 0 Å². The summed E-state index contributed by atoms with van der Waals surface area (Å²) < 4.78 is 0. The zero-order valence-corrected chi connectivity index (χ0v) is 19.1. The SMILES string of the molecule is CCCCCCCCCCCCC1N(CCCCC)C=CN1CCCCC. The molecule has 2 heteroatoms. The van der Waals surface area contributed by atoms with Gasteiger partial charge >= 0.3 is 0 Å². The van der Waals surface area contributed by atoms with Gasteiger partial charge in [0.15, 0.2) is 0 Å². The van der Waals surface area contributed by atoms with E-state index in [0.717, 1.165) is 0 Å². The lowest BCUT2D eigenvalue weighted by Crippen LogP contribution is -2.39. The van der Waals surface area contributed by atoms with E-state index in [0.29, 0.717) is 6.17 Å². The Kier molecular flexibility index (Phi) is 15.7. The summed E-state index contributed by atoms with van der Waals surface area (Å²) in [5, 5.41) is 0. The van der Waals surface area contributed by atoms with Crippen LogP contribution >= 0.6 is 0 Å². The molecule has 0 aromatic carbocycles. The van der Waals surface area contributed by atoms with E-state index >= 15 is 0 Å². The van der Waals surface area contributed by atoms with Gasteiger partial charge < -0.3 is 9.80 Å². The zero-order valence-electron chi connectivity index (χ0n) is 19.1. The Morgan fingerprint density at radius 3 is 1.30 bits per heavy atom. The highest BCUT2D eigenvalue weighted by atomic mass is 15.4. The van der Waals surface area contributed by atoms with Crippen molar-refractivity contribution < 1.29 is 0 Å². The van der Waals surface area contributed by atoms with Gasteiger partial charge in [0.25, 0.3) is 0 Å². The Morgan fingerprint density at radius 2 is 0.852 bits per heavy atom. The lowest BCUT2D eigenvalue weighted by Gasteiger charge is -2.33. The summed E-state index contributed by atoms with van der Waals surface area (Å²) in [5.74, 6) is 0. The minimum atomic E-state index is 0.646. The van der Waals surface area contributed by atoms with Gasteiger partial charge in [0.1, 0.15) is 6.17 Å². The van der Waals surface area contributed by atoms with Gasteiger partial charge in [-0.15, -0.1) is 0 Å². The first-order chi connectivity index (χ1) is 13.3. The minimum absolute atomic E-state index is 0.646. The van der Waals surface area contributed by atoms with Crippen molar-refractivity contribution in [3.63, 3.8) is 0 Å². The minimum Gasteiger partial charge on any atom is -0.356 e. The first kappa shape index (κ1) is 24.4. The third kappa shape index (κ3) is 11.7. The van der Waals surface area contributed by atoms with Gasteiger partial charge in [-0.2, -0.15) is 0 Å². The van der Waals surface area contributed by atoms with Gasteiger partial charge in [0.05, 0.1) is 0 Å². The Bertz CT molecular complexity index is 319. The van der Waals surface area contributed by atoms with Crippen molar-refractivity contribution in [3.05, 3.63) is 12.4 Å². The quantitative estimate of drug-likeness (QED) is 0.209. The van der Waals surface area contributed by atoms with Crippen LogP contribution in [0.2, 0.25) is 0 Å². The molecule has 0 fully saturated rings. The summed E-state index contributed by atoms with van der Waals surface area (Å²) in [5.41, 5.74) is 0. The maximum Gasteiger partial charge on any atom is 0.101 e. The van der Waals surface area contributed by atoms with Crippen LogP contribution in [0.4, 0.5) is 0 Å². The standard InChI is InChI=1S/C25H50N2/c1-4-7-10-11-12-13-14-15-16-17-20-25-26(21-18-8-5-2)23-24-27(25)22-19-9-6-3/h23-25H,4-22H2,1-3H3. The topological polar surface area (TPSA) is 6.48 Å². The molecule has 0 aromatic heterocycles. The Hall–Kier alpha value is -0.660. The normalized spacial score (nSPS) is 14.6. The summed E-state index contributed by atoms with van der Waals surface area (Å²) in [6.07, 6.45) is 29.2. The van der Waals surface area contributed by atoms with Crippen molar-refractivity contribution in [1.82, 2.24) is 9.80 Å². The van der Waals surface area contributed by atoms with Gasteiger partial charge in [0.2, 0.25) is 0 Å². The summed E-state index contributed by atoms with van der Waals surface area (Å²) >= 11 is 0. The predicted octanol–water partition coefficient (Wildman–Crippen LogP) is 8.09. The molecular weight excluding hydrogens is 328 g/mol. The van der Waals surface area contributed by atoms with Crippen molar-refractivity contribution in [1.29, 1.82) is 0 Å². The average Bonchev–Trinajstić information content (AvgIpc) is 3.05. The number of rotatable bonds is 19. The van der Waals surface area contributed by atoms with E-state index in [1.54, 1.807) is 0 Å². The fourth-order valence-electron chi connectivity index (χ4n) is 4.24. The van der Waals surface area contributed by atoms with Crippen molar-refractivity contribution in [2.45, 2.75) is 136 Å². The smallest absolute Gasteiger partial charge is 0.101 e. The molecule has 0 atom stereocenters. The number of hydrogen-bond donors (Lipinski definition) is 0. The van der Waals surface area contributed by atoms with Crippen molar-refractivity contribution in [2.75, 3.05) is 13.1 Å². The lowest BCUT2D eigenvalue weighted by atomic mass is 10.0. The fraction of sp³-hybridized carbons (Fsp3) is 0.920. The van der Waals surface area contributed by atoms with Crippen molar-refractivity contribution >= 4 is 0 Å². The third-order valence-electron chi connectivity index (χ3n) is 6.07. The molecule has 0 bridgehead atoms. The van der Waals surface area contributed by atoms with Crippen LogP contribution in [0.15, 0.2) is 12.4 Å². The van der Waals surface area contributed by atoms with E-state index in [9.17, 15) is 0 Å². The number of hydrogen-bond acceptors (Lipinski definition) is 2. The molecule has 0 N–H and O–H groups in total. The van der Waals surface area contributed by atoms with E-state index in [2.05, 4.69) is 43.0 Å². The number of unbranched alkanes of at least 4 members (excludes halogenated alkanes) is 13. The summed E-state index contributed by atoms with van der Waals surface area (Å²) in [6.45, 7) is 9.40. The monoisotopic (exact) mass is 378 g/mol. The van der Waals surface area contributed by atoms with E-state index in [1.807, 2.05) is 0 Å². The molecule has 1 aliphatic heterocycles. The first-order valence-electron chi connectivity index (χ1n) is 12.5. The van der Waals surface area contributed by atoms with Crippen molar-refractivity contribution in [3.8, 4) is 0 Å². The molecule has 0 amide bonds. The molecule has 1 heterocycles. The van der Waals surface area contributed by atoms with Crippen LogP contribution in [-0.4, -0.2) is 29.1 Å². The lowest BCUT2D eigenvalue weighted by molar-refractivity contribution is 0.136. The van der Waals surface area contributed by atoms with Gasteiger partial charge in [0, 0.05) is 25.5 Å². The second-order valence-electron chi connectivity index (χ2n) is 8.64. The third-order valence-corrected chi connectivity index (χ3v) is 6.07. The molecule has 0 spiro atoms. The fourth-order valence-corrected chi connectivity index (χ4v) is 4.24. The van der Waals surface area contributed by atoms with E-state index < -0.39 is 0 Å². The van der Waals surface area contributed by atoms with Crippen LogP contribution in [0.5, 0.6) is 0 Å². The van der Waals surface area contributed by atoms with Crippen LogP contribution in [-0.2, 0) is 0 Å². The van der Waals surface area contributed by atoms with Crippen LogP contribution in [0.3, 0.4) is 0 Å². The molecule has 0 saturated heterocycles. The van der Waals surface area contributed by atoms with Crippen molar-refractivity contribution in [2.24, 2.45) is 0 Å². The van der Waals surface area contributed by atoms with E-state index in [1.165, 1.54) is 122 Å². The second kappa shape index (κ2) is 17.4. The molecule has 27 heavy (non-hydrogen) atoms. The molecule has 1 aliphatic rings. The first-order valence-corrected chi connectivity index (χ1v) is 12.5. The molecule has 1 rings (SSSR count). The highest BCUT2D eigenvalue weighted by Gasteiger charge is 2.24. The van der Waals surface area contributed by atoms with E-state index in [-0.39, 0.29) is 0 Å².